The minimum atomic E-state index is -0.304. The van der Waals surface area contributed by atoms with E-state index in [0.717, 1.165) is 51.3 Å². The first-order valence-corrected chi connectivity index (χ1v) is 7.11. The number of benzene rings is 1. The Balaban J connectivity index is 1.91. The molecule has 0 bridgehead atoms. The van der Waals surface area contributed by atoms with Crippen molar-refractivity contribution in [2.75, 3.05) is 46.4 Å². The molecular weight excluding hydrogens is 259 g/mol. The van der Waals surface area contributed by atoms with Gasteiger partial charge in [0.05, 0.1) is 13.7 Å². The maximum atomic E-state index is 13.7. The van der Waals surface area contributed by atoms with Gasteiger partial charge in [-0.15, -0.1) is 0 Å². The van der Waals surface area contributed by atoms with Crippen LogP contribution >= 0.6 is 0 Å². The van der Waals surface area contributed by atoms with Gasteiger partial charge in [-0.05, 0) is 37.2 Å². The van der Waals surface area contributed by atoms with Gasteiger partial charge < -0.3 is 9.84 Å². The van der Waals surface area contributed by atoms with E-state index in [1.54, 1.807) is 12.1 Å². The van der Waals surface area contributed by atoms with Gasteiger partial charge in [-0.2, -0.15) is 0 Å². The number of hydrogen-bond donors (Lipinski definition) is 1. The molecule has 1 aliphatic heterocycles. The quantitative estimate of drug-likeness (QED) is 0.884. The summed E-state index contributed by atoms with van der Waals surface area (Å²) in [7, 11) is 1.47. The lowest BCUT2D eigenvalue weighted by Gasteiger charge is -2.21. The van der Waals surface area contributed by atoms with Crippen LogP contribution in [0.5, 0.6) is 5.75 Å². The number of ether oxygens (including phenoxy) is 1. The summed E-state index contributed by atoms with van der Waals surface area (Å²) in [6, 6.07) is 5.15. The average molecular weight is 282 g/mol. The number of rotatable bonds is 5. The zero-order chi connectivity index (χ0) is 14.4. The molecule has 0 amide bonds. The number of aliphatic hydroxyl groups excluding tert-OH is 1. The standard InChI is InChI=1S/C15H23FN2O2/c1-20-15-4-3-13(11-14(15)16)12-18-6-2-5-17(7-8-18)9-10-19/h3-4,11,19H,2,5-10,12H2,1H3. The Kier molecular flexibility index (Phi) is 5.76. The SMILES string of the molecule is COc1ccc(CN2CCCN(CCO)CC2)cc1F. The van der Waals surface area contributed by atoms with Crippen molar-refractivity contribution >= 4 is 0 Å². The lowest BCUT2D eigenvalue weighted by atomic mass is 10.2. The number of aliphatic hydroxyl groups is 1. The van der Waals surface area contributed by atoms with E-state index < -0.39 is 0 Å². The van der Waals surface area contributed by atoms with E-state index in [-0.39, 0.29) is 12.4 Å². The van der Waals surface area contributed by atoms with Gasteiger partial charge in [0.15, 0.2) is 11.6 Å². The lowest BCUT2D eigenvalue weighted by Crippen LogP contribution is -2.32. The summed E-state index contributed by atoms with van der Waals surface area (Å²) in [5, 5.41) is 8.98. The first-order chi connectivity index (χ1) is 9.72. The smallest absolute Gasteiger partial charge is 0.165 e. The zero-order valence-electron chi connectivity index (χ0n) is 12.0. The molecule has 0 spiro atoms. The van der Waals surface area contributed by atoms with E-state index in [4.69, 9.17) is 9.84 Å². The van der Waals surface area contributed by atoms with E-state index >= 15 is 0 Å². The van der Waals surface area contributed by atoms with Crippen LogP contribution in [0.15, 0.2) is 18.2 Å². The summed E-state index contributed by atoms with van der Waals surface area (Å²) in [5.74, 6) is -0.0135. The van der Waals surface area contributed by atoms with Crippen LogP contribution in [0, 0.1) is 5.82 Å². The zero-order valence-corrected chi connectivity index (χ0v) is 12.0. The van der Waals surface area contributed by atoms with Gasteiger partial charge in [-0.25, -0.2) is 4.39 Å². The topological polar surface area (TPSA) is 35.9 Å². The molecule has 5 heteroatoms. The van der Waals surface area contributed by atoms with Crippen molar-refractivity contribution < 1.29 is 14.2 Å². The van der Waals surface area contributed by atoms with Gasteiger partial charge in [0.2, 0.25) is 0 Å². The second kappa shape index (κ2) is 7.57. The van der Waals surface area contributed by atoms with Crippen LogP contribution < -0.4 is 4.74 Å². The fourth-order valence-corrected chi connectivity index (χ4v) is 2.61. The molecule has 0 unspecified atom stereocenters. The summed E-state index contributed by atoms with van der Waals surface area (Å²) in [6.45, 7) is 5.65. The molecule has 0 radical (unpaired) electrons. The number of halogens is 1. The van der Waals surface area contributed by atoms with Crippen LogP contribution in [0.25, 0.3) is 0 Å². The summed E-state index contributed by atoms with van der Waals surface area (Å²) in [5.41, 5.74) is 0.971. The first kappa shape index (κ1) is 15.2. The van der Waals surface area contributed by atoms with Gasteiger partial charge in [0.1, 0.15) is 0 Å². The third kappa shape index (κ3) is 4.16. The van der Waals surface area contributed by atoms with E-state index in [0.29, 0.717) is 5.75 Å². The van der Waals surface area contributed by atoms with E-state index in [1.165, 1.54) is 7.11 Å². The molecule has 1 heterocycles. The lowest BCUT2D eigenvalue weighted by molar-refractivity contribution is 0.196. The summed E-state index contributed by atoms with van der Waals surface area (Å²) < 4.78 is 18.6. The number of nitrogens with zero attached hydrogens (tertiary/aromatic N) is 2. The Morgan fingerprint density at radius 2 is 1.95 bits per heavy atom. The molecule has 0 aliphatic carbocycles. The van der Waals surface area contributed by atoms with E-state index in [2.05, 4.69) is 9.80 Å². The monoisotopic (exact) mass is 282 g/mol. The van der Waals surface area contributed by atoms with Crippen molar-refractivity contribution in [2.45, 2.75) is 13.0 Å². The van der Waals surface area contributed by atoms with E-state index in [9.17, 15) is 4.39 Å². The molecule has 20 heavy (non-hydrogen) atoms. The van der Waals surface area contributed by atoms with Gasteiger partial charge in [0, 0.05) is 26.2 Å². The molecule has 0 aromatic heterocycles. The van der Waals surface area contributed by atoms with Crippen LogP contribution in [-0.4, -0.2) is 61.3 Å². The molecular formula is C15H23FN2O2. The highest BCUT2D eigenvalue weighted by Crippen LogP contribution is 2.19. The van der Waals surface area contributed by atoms with Crippen LogP contribution in [0.4, 0.5) is 4.39 Å². The van der Waals surface area contributed by atoms with Crippen molar-refractivity contribution in [3.8, 4) is 5.75 Å². The average Bonchev–Trinajstić information content (AvgIpc) is 2.65. The molecule has 1 N–H and O–H groups in total. The Morgan fingerprint density at radius 3 is 2.65 bits per heavy atom. The maximum absolute atomic E-state index is 13.7. The van der Waals surface area contributed by atoms with Crippen molar-refractivity contribution in [3.63, 3.8) is 0 Å². The maximum Gasteiger partial charge on any atom is 0.165 e. The van der Waals surface area contributed by atoms with Crippen molar-refractivity contribution in [1.82, 2.24) is 9.80 Å². The molecule has 1 aromatic carbocycles. The van der Waals surface area contributed by atoms with Crippen molar-refractivity contribution in [2.24, 2.45) is 0 Å². The van der Waals surface area contributed by atoms with Crippen molar-refractivity contribution in [1.29, 1.82) is 0 Å². The molecule has 0 atom stereocenters. The Morgan fingerprint density at radius 1 is 1.20 bits per heavy atom. The molecule has 1 aromatic rings. The fraction of sp³-hybridized carbons (Fsp3) is 0.600. The predicted molar refractivity (Wildman–Crippen MR) is 76.4 cm³/mol. The van der Waals surface area contributed by atoms with Gasteiger partial charge in [-0.3, -0.25) is 9.80 Å². The van der Waals surface area contributed by atoms with Gasteiger partial charge >= 0.3 is 0 Å². The highest BCUT2D eigenvalue weighted by atomic mass is 19.1. The minimum absolute atomic E-state index is 0.212. The van der Waals surface area contributed by atoms with Crippen LogP contribution in [-0.2, 0) is 6.54 Å². The third-order valence-corrected chi connectivity index (χ3v) is 3.72. The van der Waals surface area contributed by atoms with Gasteiger partial charge in [-0.1, -0.05) is 6.07 Å². The number of hydrogen-bond acceptors (Lipinski definition) is 4. The molecule has 1 saturated heterocycles. The molecule has 2 rings (SSSR count). The fourth-order valence-electron chi connectivity index (χ4n) is 2.61. The van der Waals surface area contributed by atoms with Crippen LogP contribution in [0.2, 0.25) is 0 Å². The largest absolute Gasteiger partial charge is 0.494 e. The Bertz CT molecular complexity index is 428. The minimum Gasteiger partial charge on any atom is -0.494 e. The number of β-amino-alcohol motifs (C(OH)–C–C–N with tert-alkyl or cyclic N) is 1. The molecule has 1 aliphatic rings. The third-order valence-electron chi connectivity index (χ3n) is 3.72. The second-order valence-corrected chi connectivity index (χ2v) is 5.16. The van der Waals surface area contributed by atoms with Crippen molar-refractivity contribution in [3.05, 3.63) is 29.6 Å². The molecule has 112 valence electrons. The predicted octanol–water partition coefficient (Wildman–Crippen LogP) is 1.33. The Hall–Kier alpha value is -1.17. The van der Waals surface area contributed by atoms with Gasteiger partial charge in [0.25, 0.3) is 0 Å². The highest BCUT2D eigenvalue weighted by molar-refractivity contribution is 5.29. The summed E-state index contributed by atoms with van der Waals surface area (Å²) in [6.07, 6.45) is 1.08. The first-order valence-electron chi connectivity index (χ1n) is 7.11. The summed E-state index contributed by atoms with van der Waals surface area (Å²) in [4.78, 5) is 4.60. The summed E-state index contributed by atoms with van der Waals surface area (Å²) >= 11 is 0. The molecule has 1 fully saturated rings. The molecule has 0 saturated carbocycles. The normalized spacial score (nSPS) is 17.9. The number of methoxy groups -OCH3 is 1. The Labute approximate surface area is 119 Å². The van der Waals surface area contributed by atoms with Crippen LogP contribution in [0.1, 0.15) is 12.0 Å². The molecule has 4 nitrogen and oxygen atoms in total. The van der Waals surface area contributed by atoms with E-state index in [1.807, 2.05) is 6.07 Å². The van der Waals surface area contributed by atoms with Crippen LogP contribution in [0.3, 0.4) is 0 Å². The highest BCUT2D eigenvalue weighted by Gasteiger charge is 2.15. The second-order valence-electron chi connectivity index (χ2n) is 5.16.